The van der Waals surface area contributed by atoms with Crippen LogP contribution in [0.2, 0.25) is 0 Å². The summed E-state index contributed by atoms with van der Waals surface area (Å²) < 4.78 is 30.6. The number of aryl methyl sites for hydroxylation is 2. The number of benzene rings is 2. The van der Waals surface area contributed by atoms with E-state index < -0.39 is 10.0 Å². The van der Waals surface area contributed by atoms with Gasteiger partial charge >= 0.3 is 0 Å². The highest BCUT2D eigenvalue weighted by molar-refractivity contribution is 7.92. The van der Waals surface area contributed by atoms with Crippen molar-refractivity contribution in [3.8, 4) is 0 Å². The van der Waals surface area contributed by atoms with E-state index in [2.05, 4.69) is 24.5 Å². The molecule has 0 atom stereocenters. The Morgan fingerprint density at radius 2 is 1.69 bits per heavy atom. The van der Waals surface area contributed by atoms with Crippen LogP contribution >= 0.6 is 11.5 Å². The van der Waals surface area contributed by atoms with Crippen LogP contribution in [0.4, 0.5) is 11.6 Å². The van der Waals surface area contributed by atoms with Crippen LogP contribution in [0, 0.1) is 6.92 Å². The Hall–Kier alpha value is -3.28. The molecule has 4 aromatic rings. The van der Waals surface area contributed by atoms with Gasteiger partial charge in [0.25, 0.3) is 15.6 Å². The lowest BCUT2D eigenvalue weighted by atomic mass is 10.2. The van der Waals surface area contributed by atoms with Gasteiger partial charge in [0.1, 0.15) is 0 Å². The van der Waals surface area contributed by atoms with Crippen molar-refractivity contribution in [2.24, 2.45) is 0 Å². The van der Waals surface area contributed by atoms with E-state index in [0.29, 0.717) is 17.6 Å². The fourth-order valence-corrected chi connectivity index (χ4v) is 6.40. The average molecular weight is 525 g/mol. The van der Waals surface area contributed by atoms with Gasteiger partial charge in [-0.1, -0.05) is 29.2 Å². The highest BCUT2D eigenvalue weighted by atomic mass is 32.2. The number of nitrogens with zero attached hydrogens (tertiary/aromatic N) is 5. The summed E-state index contributed by atoms with van der Waals surface area (Å²) >= 11 is 1.37. The SMILES string of the molecule is Cc1ccc(S(=O)(=O)Nc2ccc3c(=O)n(CCCN4CCN(c5ncccn5)CC4)sc3c2)cc1. The molecule has 3 heterocycles. The number of aromatic nitrogens is 3. The molecule has 36 heavy (non-hydrogen) atoms. The van der Waals surface area contributed by atoms with Crippen LogP contribution in [0.3, 0.4) is 0 Å². The minimum atomic E-state index is -3.70. The van der Waals surface area contributed by atoms with Gasteiger partial charge in [-0.25, -0.2) is 18.4 Å². The summed E-state index contributed by atoms with van der Waals surface area (Å²) in [5.41, 5.74) is 1.40. The number of nitrogens with one attached hydrogen (secondary N) is 1. The summed E-state index contributed by atoms with van der Waals surface area (Å²) in [5, 5.41) is 0.606. The van der Waals surface area contributed by atoms with Crippen LogP contribution in [-0.2, 0) is 16.6 Å². The fraction of sp³-hybridized carbons (Fsp3) is 0.320. The van der Waals surface area contributed by atoms with Crippen LogP contribution in [0.15, 0.2) is 70.6 Å². The van der Waals surface area contributed by atoms with Gasteiger partial charge in [-0.2, -0.15) is 0 Å². The van der Waals surface area contributed by atoms with Gasteiger partial charge < -0.3 is 4.90 Å². The van der Waals surface area contributed by atoms with Crippen molar-refractivity contribution in [1.29, 1.82) is 0 Å². The third kappa shape index (κ3) is 5.43. The monoisotopic (exact) mass is 524 g/mol. The first-order valence-corrected chi connectivity index (χ1v) is 14.1. The van der Waals surface area contributed by atoms with Gasteiger partial charge in [0.2, 0.25) is 5.95 Å². The molecule has 5 rings (SSSR count). The van der Waals surface area contributed by atoms with Crippen molar-refractivity contribution < 1.29 is 8.42 Å². The third-order valence-corrected chi connectivity index (χ3v) is 8.77. The zero-order chi connectivity index (χ0) is 25.1. The molecule has 1 saturated heterocycles. The van der Waals surface area contributed by atoms with E-state index in [1.54, 1.807) is 58.8 Å². The van der Waals surface area contributed by atoms with E-state index in [1.807, 2.05) is 13.0 Å². The normalized spacial score (nSPS) is 14.9. The van der Waals surface area contributed by atoms with Gasteiger partial charge in [-0.3, -0.25) is 18.4 Å². The van der Waals surface area contributed by atoms with Crippen molar-refractivity contribution in [2.45, 2.75) is 24.8 Å². The molecule has 188 valence electrons. The first kappa shape index (κ1) is 24.4. The summed E-state index contributed by atoms with van der Waals surface area (Å²) in [5.74, 6) is 0.773. The summed E-state index contributed by atoms with van der Waals surface area (Å²) in [6.07, 6.45) is 4.39. The lowest BCUT2D eigenvalue weighted by molar-refractivity contribution is 0.250. The van der Waals surface area contributed by atoms with E-state index in [1.165, 1.54) is 11.5 Å². The maximum absolute atomic E-state index is 12.9. The summed E-state index contributed by atoms with van der Waals surface area (Å²) in [4.78, 5) is 26.3. The van der Waals surface area contributed by atoms with Crippen molar-refractivity contribution in [1.82, 2.24) is 18.8 Å². The molecular weight excluding hydrogens is 496 g/mol. The second-order valence-electron chi connectivity index (χ2n) is 8.86. The van der Waals surface area contributed by atoms with E-state index in [9.17, 15) is 13.2 Å². The third-order valence-electron chi connectivity index (χ3n) is 6.27. The molecule has 0 radical (unpaired) electrons. The molecule has 1 aliphatic heterocycles. The van der Waals surface area contributed by atoms with Gasteiger partial charge in [-0.05, 0) is 49.7 Å². The zero-order valence-corrected chi connectivity index (χ0v) is 21.6. The Balaban J connectivity index is 1.19. The summed E-state index contributed by atoms with van der Waals surface area (Å²) in [6, 6.07) is 13.6. The quantitative estimate of drug-likeness (QED) is 0.378. The number of rotatable bonds is 8. The Morgan fingerprint density at radius 3 is 2.42 bits per heavy atom. The van der Waals surface area contributed by atoms with Crippen molar-refractivity contribution in [3.05, 3.63) is 76.8 Å². The summed E-state index contributed by atoms with van der Waals surface area (Å²) in [6.45, 7) is 7.08. The second kappa shape index (κ2) is 10.4. The second-order valence-corrected chi connectivity index (χ2v) is 11.6. The molecule has 0 saturated carbocycles. The Morgan fingerprint density at radius 1 is 0.972 bits per heavy atom. The largest absolute Gasteiger partial charge is 0.338 e. The maximum Gasteiger partial charge on any atom is 0.268 e. The maximum atomic E-state index is 12.9. The highest BCUT2D eigenvalue weighted by Gasteiger charge is 2.19. The van der Waals surface area contributed by atoms with Gasteiger partial charge in [0.15, 0.2) is 0 Å². The molecule has 0 amide bonds. The van der Waals surface area contributed by atoms with Crippen LogP contribution in [0.25, 0.3) is 10.1 Å². The smallest absolute Gasteiger partial charge is 0.268 e. The van der Waals surface area contributed by atoms with E-state index in [4.69, 9.17) is 0 Å². The molecule has 0 bridgehead atoms. The molecule has 1 N–H and O–H groups in total. The fourth-order valence-electron chi connectivity index (χ4n) is 4.28. The minimum absolute atomic E-state index is 0.0333. The van der Waals surface area contributed by atoms with Crippen LogP contribution < -0.4 is 15.2 Å². The molecule has 11 heteroatoms. The van der Waals surface area contributed by atoms with Crippen molar-refractivity contribution in [2.75, 3.05) is 42.3 Å². The Labute approximate surface area is 214 Å². The molecule has 1 aliphatic rings. The molecule has 0 aliphatic carbocycles. The molecule has 9 nitrogen and oxygen atoms in total. The molecular formula is C25H28N6O3S2. The van der Waals surface area contributed by atoms with Gasteiger partial charge in [0, 0.05) is 51.7 Å². The standard InChI is InChI=1S/C25H28N6O3S2/c1-19-4-7-21(8-5-19)36(33,34)28-20-6-9-22-23(18-20)35-31(24(22)32)13-3-12-29-14-16-30(17-15-29)25-26-10-2-11-27-25/h2,4-11,18,28H,3,12-17H2,1H3. The minimum Gasteiger partial charge on any atom is -0.338 e. The predicted octanol–water partition coefficient (Wildman–Crippen LogP) is 3.17. The van der Waals surface area contributed by atoms with E-state index in [-0.39, 0.29) is 10.5 Å². The number of piperazine rings is 1. The van der Waals surface area contributed by atoms with Crippen molar-refractivity contribution in [3.63, 3.8) is 0 Å². The molecule has 0 unspecified atom stereocenters. The van der Waals surface area contributed by atoms with E-state index in [0.717, 1.165) is 55.4 Å². The van der Waals surface area contributed by atoms with Crippen LogP contribution in [0.5, 0.6) is 0 Å². The number of hydrogen-bond donors (Lipinski definition) is 1. The van der Waals surface area contributed by atoms with E-state index >= 15 is 0 Å². The zero-order valence-electron chi connectivity index (χ0n) is 20.0. The number of fused-ring (bicyclic) bond motifs is 1. The Kier molecular flexibility index (Phi) is 7.04. The molecule has 1 fully saturated rings. The van der Waals surface area contributed by atoms with Gasteiger partial charge in [0.05, 0.1) is 20.7 Å². The average Bonchev–Trinajstić information content (AvgIpc) is 3.19. The summed E-state index contributed by atoms with van der Waals surface area (Å²) in [7, 11) is -3.70. The number of hydrogen-bond acceptors (Lipinski definition) is 8. The predicted molar refractivity (Wildman–Crippen MR) is 143 cm³/mol. The molecule has 2 aromatic heterocycles. The lowest BCUT2D eigenvalue weighted by Gasteiger charge is -2.34. The first-order chi connectivity index (χ1) is 17.4. The van der Waals surface area contributed by atoms with Crippen LogP contribution in [0.1, 0.15) is 12.0 Å². The Bertz CT molecular complexity index is 1490. The first-order valence-electron chi connectivity index (χ1n) is 11.9. The lowest BCUT2D eigenvalue weighted by Crippen LogP contribution is -2.47. The van der Waals surface area contributed by atoms with Gasteiger partial charge in [-0.15, -0.1) is 0 Å². The highest BCUT2D eigenvalue weighted by Crippen LogP contribution is 2.24. The van der Waals surface area contributed by atoms with Crippen molar-refractivity contribution >= 4 is 43.3 Å². The van der Waals surface area contributed by atoms with Crippen LogP contribution in [-0.4, -0.2) is 60.0 Å². The molecule has 0 spiro atoms. The number of anilines is 2. The topological polar surface area (TPSA) is 100 Å². The molecule has 2 aromatic carbocycles. The number of sulfonamides is 1.